The maximum atomic E-state index is 11.5. The van der Waals surface area contributed by atoms with E-state index in [4.69, 9.17) is 22.1 Å². The maximum Gasteiger partial charge on any atom is 0.328 e. The fourth-order valence-corrected chi connectivity index (χ4v) is 1.51. The number of anilines is 1. The number of nitrogen functional groups attached to an aromatic ring is 1. The average molecular weight is 266 g/mol. The number of carbonyl (C=O) groups excluding carboxylic acids is 1. The standard InChI is InChI=1S/C12H12ClN3O2/c13-10-3-1-9(2-4-10)8-18-12(17)7-16-6-11(14)5-15-16/h1-6H,7-8,14H2. The molecule has 0 radical (unpaired) electrons. The first kappa shape index (κ1) is 12.4. The number of hydrogen-bond donors (Lipinski definition) is 1. The second-order valence-corrected chi connectivity index (χ2v) is 4.19. The van der Waals surface area contributed by atoms with Crippen molar-refractivity contribution in [1.29, 1.82) is 0 Å². The third-order valence-electron chi connectivity index (χ3n) is 2.26. The van der Waals surface area contributed by atoms with Gasteiger partial charge in [-0.1, -0.05) is 23.7 Å². The molecule has 2 N–H and O–H groups in total. The van der Waals surface area contributed by atoms with Crippen molar-refractivity contribution in [3.63, 3.8) is 0 Å². The van der Waals surface area contributed by atoms with E-state index in [0.717, 1.165) is 5.56 Å². The largest absolute Gasteiger partial charge is 0.459 e. The SMILES string of the molecule is Nc1cnn(CC(=O)OCc2ccc(Cl)cc2)c1. The number of nitrogens with zero attached hydrogens (tertiary/aromatic N) is 2. The number of nitrogens with two attached hydrogens (primary N) is 1. The van der Waals surface area contributed by atoms with Gasteiger partial charge in [-0.3, -0.25) is 9.48 Å². The molecule has 0 aliphatic rings. The number of benzene rings is 1. The Morgan fingerprint density at radius 2 is 2.11 bits per heavy atom. The molecule has 94 valence electrons. The molecule has 0 saturated carbocycles. The van der Waals surface area contributed by atoms with Gasteiger partial charge in [0.05, 0.1) is 11.9 Å². The summed E-state index contributed by atoms with van der Waals surface area (Å²) in [6.07, 6.45) is 3.05. The van der Waals surface area contributed by atoms with Crippen LogP contribution in [-0.4, -0.2) is 15.7 Å². The maximum absolute atomic E-state index is 11.5. The van der Waals surface area contributed by atoms with Crippen molar-refractivity contribution in [3.8, 4) is 0 Å². The molecule has 0 fully saturated rings. The second-order valence-electron chi connectivity index (χ2n) is 3.76. The van der Waals surface area contributed by atoms with E-state index < -0.39 is 0 Å². The molecular weight excluding hydrogens is 254 g/mol. The predicted molar refractivity (Wildman–Crippen MR) is 67.9 cm³/mol. The molecule has 0 amide bonds. The van der Waals surface area contributed by atoms with Gasteiger partial charge < -0.3 is 10.5 Å². The van der Waals surface area contributed by atoms with Crippen molar-refractivity contribution < 1.29 is 9.53 Å². The normalized spacial score (nSPS) is 10.3. The van der Waals surface area contributed by atoms with Crippen LogP contribution in [0.4, 0.5) is 5.69 Å². The minimum atomic E-state index is -0.368. The van der Waals surface area contributed by atoms with E-state index >= 15 is 0 Å². The highest BCUT2D eigenvalue weighted by Crippen LogP contribution is 2.10. The lowest BCUT2D eigenvalue weighted by molar-refractivity contribution is -0.145. The monoisotopic (exact) mass is 265 g/mol. The van der Waals surface area contributed by atoms with Gasteiger partial charge in [-0.2, -0.15) is 5.10 Å². The number of rotatable bonds is 4. The smallest absolute Gasteiger partial charge is 0.328 e. The molecular formula is C12H12ClN3O2. The highest BCUT2D eigenvalue weighted by atomic mass is 35.5. The van der Waals surface area contributed by atoms with E-state index in [1.54, 1.807) is 18.3 Å². The Morgan fingerprint density at radius 3 is 2.72 bits per heavy atom. The summed E-state index contributed by atoms with van der Waals surface area (Å²) in [6, 6.07) is 7.11. The zero-order valence-electron chi connectivity index (χ0n) is 9.54. The lowest BCUT2D eigenvalue weighted by atomic mass is 10.2. The molecule has 0 saturated heterocycles. The van der Waals surface area contributed by atoms with Crippen molar-refractivity contribution in [3.05, 3.63) is 47.2 Å². The molecule has 0 aliphatic carbocycles. The summed E-state index contributed by atoms with van der Waals surface area (Å²) in [4.78, 5) is 11.5. The minimum Gasteiger partial charge on any atom is -0.459 e. The van der Waals surface area contributed by atoms with Crippen molar-refractivity contribution in [2.75, 3.05) is 5.73 Å². The molecule has 5 nitrogen and oxygen atoms in total. The van der Waals surface area contributed by atoms with Gasteiger partial charge in [0.15, 0.2) is 0 Å². The quantitative estimate of drug-likeness (QED) is 0.857. The zero-order valence-corrected chi connectivity index (χ0v) is 10.3. The first-order valence-electron chi connectivity index (χ1n) is 5.31. The van der Waals surface area contributed by atoms with Crippen LogP contribution in [0.3, 0.4) is 0 Å². The molecule has 2 rings (SSSR count). The van der Waals surface area contributed by atoms with Gasteiger partial charge in [0.1, 0.15) is 13.2 Å². The summed E-state index contributed by atoms with van der Waals surface area (Å²) in [5.41, 5.74) is 6.88. The summed E-state index contributed by atoms with van der Waals surface area (Å²) in [6.45, 7) is 0.261. The minimum absolute atomic E-state index is 0.0464. The average Bonchev–Trinajstić information content (AvgIpc) is 2.74. The molecule has 0 aliphatic heterocycles. The van der Waals surface area contributed by atoms with E-state index in [9.17, 15) is 4.79 Å². The number of aromatic nitrogens is 2. The molecule has 1 aromatic heterocycles. The topological polar surface area (TPSA) is 70.1 Å². The lowest BCUT2D eigenvalue weighted by Crippen LogP contribution is -2.13. The van der Waals surface area contributed by atoms with Crippen LogP contribution in [0, 0.1) is 0 Å². The van der Waals surface area contributed by atoms with Gasteiger partial charge in [-0.05, 0) is 17.7 Å². The number of esters is 1. The summed E-state index contributed by atoms with van der Waals surface area (Å²) in [5.74, 6) is -0.368. The second kappa shape index (κ2) is 5.55. The summed E-state index contributed by atoms with van der Waals surface area (Å²) in [7, 11) is 0. The molecule has 0 spiro atoms. The van der Waals surface area contributed by atoms with Crippen LogP contribution in [-0.2, 0) is 22.7 Å². The van der Waals surface area contributed by atoms with Gasteiger partial charge in [0, 0.05) is 11.2 Å². The fraction of sp³-hybridized carbons (Fsp3) is 0.167. The van der Waals surface area contributed by atoms with Gasteiger partial charge in [0.2, 0.25) is 0 Å². The molecule has 0 atom stereocenters. The molecule has 1 aromatic carbocycles. The number of carbonyl (C=O) groups is 1. The highest BCUT2D eigenvalue weighted by molar-refractivity contribution is 6.30. The van der Waals surface area contributed by atoms with Crippen LogP contribution >= 0.6 is 11.6 Å². The van der Waals surface area contributed by atoms with E-state index in [1.807, 2.05) is 12.1 Å². The van der Waals surface area contributed by atoms with Gasteiger partial charge in [-0.25, -0.2) is 0 Å². The molecule has 0 unspecified atom stereocenters. The van der Waals surface area contributed by atoms with Crippen molar-refractivity contribution >= 4 is 23.3 Å². The van der Waals surface area contributed by atoms with E-state index in [-0.39, 0.29) is 19.1 Å². The van der Waals surface area contributed by atoms with Crippen LogP contribution < -0.4 is 5.73 Å². The first-order chi connectivity index (χ1) is 8.63. The van der Waals surface area contributed by atoms with E-state index in [1.165, 1.54) is 10.9 Å². The van der Waals surface area contributed by atoms with Crippen LogP contribution in [0.25, 0.3) is 0 Å². The summed E-state index contributed by atoms with van der Waals surface area (Å²) in [5, 5.41) is 4.55. The van der Waals surface area contributed by atoms with Gasteiger partial charge in [-0.15, -0.1) is 0 Å². The molecule has 18 heavy (non-hydrogen) atoms. The van der Waals surface area contributed by atoms with Crippen molar-refractivity contribution in [2.45, 2.75) is 13.2 Å². The summed E-state index contributed by atoms with van der Waals surface area (Å²) >= 11 is 5.75. The Kier molecular flexibility index (Phi) is 3.84. The third-order valence-corrected chi connectivity index (χ3v) is 2.51. The number of hydrogen-bond acceptors (Lipinski definition) is 4. The number of ether oxygens (including phenoxy) is 1. The zero-order chi connectivity index (χ0) is 13.0. The molecule has 1 heterocycles. The third kappa shape index (κ3) is 3.49. The highest BCUT2D eigenvalue weighted by Gasteiger charge is 2.05. The number of halogens is 1. The van der Waals surface area contributed by atoms with Crippen LogP contribution in [0.5, 0.6) is 0 Å². The van der Waals surface area contributed by atoms with Crippen molar-refractivity contribution in [2.24, 2.45) is 0 Å². The summed E-state index contributed by atoms with van der Waals surface area (Å²) < 4.78 is 6.53. The van der Waals surface area contributed by atoms with E-state index in [2.05, 4.69) is 5.10 Å². The Labute approximate surface area is 109 Å². The Bertz CT molecular complexity index is 537. The Balaban J connectivity index is 1.83. The van der Waals surface area contributed by atoms with Crippen LogP contribution in [0.15, 0.2) is 36.7 Å². The molecule has 0 bridgehead atoms. The first-order valence-corrected chi connectivity index (χ1v) is 5.69. The Morgan fingerprint density at radius 1 is 1.39 bits per heavy atom. The lowest BCUT2D eigenvalue weighted by Gasteiger charge is -2.05. The van der Waals surface area contributed by atoms with Crippen LogP contribution in [0.2, 0.25) is 5.02 Å². The van der Waals surface area contributed by atoms with E-state index in [0.29, 0.717) is 10.7 Å². The predicted octanol–water partition coefficient (Wildman–Crippen LogP) is 1.86. The van der Waals surface area contributed by atoms with Crippen molar-refractivity contribution in [1.82, 2.24) is 9.78 Å². The van der Waals surface area contributed by atoms with Crippen LogP contribution in [0.1, 0.15) is 5.56 Å². The van der Waals surface area contributed by atoms with Gasteiger partial charge >= 0.3 is 5.97 Å². The fourth-order valence-electron chi connectivity index (χ4n) is 1.39. The molecule has 6 heteroatoms. The molecule has 2 aromatic rings. The Hall–Kier alpha value is -2.01. The van der Waals surface area contributed by atoms with Gasteiger partial charge in [0.25, 0.3) is 0 Å².